The maximum Gasteiger partial charge on any atom is 0.332 e. The third kappa shape index (κ3) is 4.89. The minimum Gasteiger partial charge on any atom is -0.457 e. The topological polar surface area (TPSA) is 134 Å². The van der Waals surface area contributed by atoms with Crippen LogP contribution in [-0.2, 0) is 27.9 Å². The summed E-state index contributed by atoms with van der Waals surface area (Å²) in [5, 5.41) is 0. The minimum atomic E-state index is -0.847. The van der Waals surface area contributed by atoms with E-state index >= 15 is 0 Å². The Morgan fingerprint density at radius 2 is 1.79 bits per heavy atom. The number of nitrogen functional groups attached to an aromatic ring is 1. The van der Waals surface area contributed by atoms with Crippen molar-refractivity contribution in [2.45, 2.75) is 33.7 Å². The van der Waals surface area contributed by atoms with Crippen molar-refractivity contribution in [3.8, 4) is 0 Å². The van der Waals surface area contributed by atoms with Crippen LogP contribution < -0.4 is 21.9 Å². The van der Waals surface area contributed by atoms with Gasteiger partial charge in [0, 0.05) is 32.2 Å². The van der Waals surface area contributed by atoms with E-state index in [1.807, 2.05) is 32.9 Å². The second-order valence-electron chi connectivity index (χ2n) is 8.68. The van der Waals surface area contributed by atoms with Gasteiger partial charge in [0.2, 0.25) is 11.7 Å². The zero-order chi connectivity index (χ0) is 24.4. The first kappa shape index (κ1) is 24.0. The Kier molecular flexibility index (Phi) is 6.85. The number of aryl methyl sites for hydroxylation is 1. The van der Waals surface area contributed by atoms with E-state index in [0.717, 1.165) is 14.7 Å². The first-order valence-corrected chi connectivity index (χ1v) is 10.7. The van der Waals surface area contributed by atoms with Crippen molar-refractivity contribution in [1.82, 2.24) is 9.13 Å². The highest BCUT2D eigenvalue weighted by Gasteiger charge is 2.36. The van der Waals surface area contributed by atoms with E-state index in [-0.39, 0.29) is 37.2 Å². The number of anilines is 2. The van der Waals surface area contributed by atoms with Gasteiger partial charge in [-0.2, -0.15) is 0 Å². The normalized spacial score (nSPS) is 15.8. The second-order valence-corrected chi connectivity index (χ2v) is 8.68. The molecule has 10 nitrogen and oxygen atoms in total. The molecule has 2 aromatic rings. The van der Waals surface area contributed by atoms with Crippen LogP contribution >= 0.6 is 0 Å². The average Bonchev–Trinajstić information content (AvgIpc) is 3.15. The molecule has 1 aliphatic heterocycles. The molecule has 1 saturated heterocycles. The summed E-state index contributed by atoms with van der Waals surface area (Å²) >= 11 is 0. The molecule has 176 valence electrons. The Balaban J connectivity index is 1.72. The number of rotatable bonds is 7. The van der Waals surface area contributed by atoms with Crippen molar-refractivity contribution in [3.05, 3.63) is 56.2 Å². The molecule has 10 heteroatoms. The lowest BCUT2D eigenvalue weighted by Crippen LogP contribution is -2.43. The Morgan fingerprint density at radius 1 is 1.15 bits per heavy atom. The Morgan fingerprint density at radius 3 is 2.39 bits per heavy atom. The number of aromatic nitrogens is 2. The number of ether oxygens (including phenoxy) is 1. The number of carbonyl (C=O) groups is 3. The number of carbonyl (C=O) groups excluding carboxylic acids is 3. The molecule has 1 amide bonds. The molecule has 0 unspecified atom stereocenters. The number of hydrogen-bond acceptors (Lipinski definition) is 7. The highest BCUT2D eigenvalue weighted by molar-refractivity contribution is 6.02. The molecule has 33 heavy (non-hydrogen) atoms. The third-order valence-electron chi connectivity index (χ3n) is 5.56. The van der Waals surface area contributed by atoms with Crippen molar-refractivity contribution in [1.29, 1.82) is 0 Å². The Hall–Kier alpha value is -3.69. The Bertz CT molecular complexity index is 1210. The molecule has 0 aliphatic carbocycles. The maximum absolute atomic E-state index is 12.7. The molecule has 1 atom stereocenters. The van der Waals surface area contributed by atoms with Gasteiger partial charge in [-0.3, -0.25) is 28.3 Å². The standard InChI is InChI=1S/C23H28N4O6/c1-13(2)10-27-20(24)19(21(30)25(4)23(27)32)17(28)12-33-22(31)15-9-18(29)26(11-15)16-7-5-14(3)6-8-16/h5-8,13,15H,9-12,24H2,1-4H3/t15-/m1/s1. The zero-order valence-corrected chi connectivity index (χ0v) is 19.2. The number of Topliss-reactive ketones (excluding diaryl/α,β-unsaturated/α-hetero) is 1. The molecular weight excluding hydrogens is 428 g/mol. The van der Waals surface area contributed by atoms with Gasteiger partial charge in [0.15, 0.2) is 6.61 Å². The van der Waals surface area contributed by atoms with Crippen molar-refractivity contribution in [3.63, 3.8) is 0 Å². The number of esters is 1. The van der Waals surface area contributed by atoms with Crippen LogP contribution in [0.3, 0.4) is 0 Å². The van der Waals surface area contributed by atoms with Crippen LogP contribution in [0.25, 0.3) is 0 Å². The van der Waals surface area contributed by atoms with Crippen LogP contribution in [0.2, 0.25) is 0 Å². The van der Waals surface area contributed by atoms with Crippen LogP contribution in [0, 0.1) is 18.8 Å². The van der Waals surface area contributed by atoms with Crippen LogP contribution in [0.1, 0.15) is 36.2 Å². The third-order valence-corrected chi connectivity index (χ3v) is 5.56. The van der Waals surface area contributed by atoms with Gasteiger partial charge in [0.05, 0.1) is 5.92 Å². The summed E-state index contributed by atoms with van der Waals surface area (Å²) in [5.74, 6) is -2.68. The number of ketones is 1. The second kappa shape index (κ2) is 9.43. The fourth-order valence-corrected chi connectivity index (χ4v) is 3.75. The summed E-state index contributed by atoms with van der Waals surface area (Å²) in [6, 6.07) is 7.34. The van der Waals surface area contributed by atoms with E-state index in [2.05, 4.69) is 0 Å². The van der Waals surface area contributed by atoms with Gasteiger partial charge in [-0.05, 0) is 25.0 Å². The highest BCUT2D eigenvalue weighted by atomic mass is 16.5. The van der Waals surface area contributed by atoms with Crippen molar-refractivity contribution >= 4 is 29.2 Å². The van der Waals surface area contributed by atoms with Gasteiger partial charge in [0.1, 0.15) is 11.4 Å². The molecule has 1 fully saturated rings. The molecule has 0 saturated carbocycles. The van der Waals surface area contributed by atoms with E-state index in [1.165, 1.54) is 11.9 Å². The number of amides is 1. The van der Waals surface area contributed by atoms with E-state index in [4.69, 9.17) is 10.5 Å². The van der Waals surface area contributed by atoms with Crippen LogP contribution in [-0.4, -0.2) is 39.9 Å². The average molecular weight is 456 g/mol. The SMILES string of the molecule is Cc1ccc(N2C[C@H](C(=O)OCC(=O)c3c(N)n(CC(C)C)c(=O)n(C)c3=O)CC2=O)cc1. The van der Waals surface area contributed by atoms with Gasteiger partial charge in [-0.1, -0.05) is 31.5 Å². The summed E-state index contributed by atoms with van der Waals surface area (Å²) < 4.78 is 7.11. The van der Waals surface area contributed by atoms with Crippen LogP contribution in [0.15, 0.2) is 33.9 Å². The van der Waals surface area contributed by atoms with Gasteiger partial charge in [-0.25, -0.2) is 4.79 Å². The summed E-state index contributed by atoms with van der Waals surface area (Å²) in [5.41, 5.74) is 5.84. The van der Waals surface area contributed by atoms with E-state index < -0.39 is 41.1 Å². The summed E-state index contributed by atoms with van der Waals surface area (Å²) in [6.45, 7) is 5.30. The Labute approximate surface area is 190 Å². The molecule has 1 aliphatic rings. The number of nitrogens with zero attached hydrogens (tertiary/aromatic N) is 3. The number of hydrogen-bond donors (Lipinski definition) is 1. The predicted molar refractivity (Wildman–Crippen MR) is 122 cm³/mol. The monoisotopic (exact) mass is 456 g/mol. The fraction of sp³-hybridized carbons (Fsp3) is 0.435. The first-order chi connectivity index (χ1) is 15.5. The lowest BCUT2D eigenvalue weighted by molar-refractivity contribution is -0.147. The fourth-order valence-electron chi connectivity index (χ4n) is 3.75. The number of nitrogens with two attached hydrogens (primary N) is 1. The molecule has 1 aromatic carbocycles. The van der Waals surface area contributed by atoms with E-state index in [9.17, 15) is 24.0 Å². The lowest BCUT2D eigenvalue weighted by Gasteiger charge is -2.17. The first-order valence-electron chi connectivity index (χ1n) is 10.7. The molecule has 0 spiro atoms. The van der Waals surface area contributed by atoms with E-state index in [0.29, 0.717) is 5.69 Å². The van der Waals surface area contributed by atoms with Crippen LogP contribution in [0.4, 0.5) is 11.5 Å². The summed E-state index contributed by atoms with van der Waals surface area (Å²) in [7, 11) is 1.26. The van der Waals surface area contributed by atoms with Gasteiger partial charge in [0.25, 0.3) is 5.56 Å². The highest BCUT2D eigenvalue weighted by Crippen LogP contribution is 2.26. The molecule has 0 radical (unpaired) electrons. The van der Waals surface area contributed by atoms with Gasteiger partial charge >= 0.3 is 11.7 Å². The molecule has 2 N–H and O–H groups in total. The van der Waals surface area contributed by atoms with Gasteiger partial charge in [-0.15, -0.1) is 0 Å². The molecule has 1 aromatic heterocycles. The lowest BCUT2D eigenvalue weighted by atomic mass is 10.1. The molecule has 3 rings (SSSR count). The summed E-state index contributed by atoms with van der Waals surface area (Å²) in [4.78, 5) is 64.0. The predicted octanol–water partition coefficient (Wildman–Crippen LogP) is 0.873. The van der Waals surface area contributed by atoms with Crippen molar-refractivity contribution in [2.75, 3.05) is 23.8 Å². The summed E-state index contributed by atoms with van der Waals surface area (Å²) in [6.07, 6.45) is -0.0376. The van der Waals surface area contributed by atoms with Crippen molar-refractivity contribution < 1.29 is 19.1 Å². The zero-order valence-electron chi connectivity index (χ0n) is 19.2. The maximum atomic E-state index is 12.7. The van der Waals surface area contributed by atoms with Crippen molar-refractivity contribution in [2.24, 2.45) is 18.9 Å². The number of benzene rings is 1. The molecule has 0 bridgehead atoms. The van der Waals surface area contributed by atoms with Gasteiger partial charge < -0.3 is 15.4 Å². The quantitative estimate of drug-likeness (QED) is 0.483. The van der Waals surface area contributed by atoms with Crippen LogP contribution in [0.5, 0.6) is 0 Å². The smallest absolute Gasteiger partial charge is 0.332 e. The van der Waals surface area contributed by atoms with E-state index in [1.54, 1.807) is 12.1 Å². The molecule has 2 heterocycles. The molecular formula is C23H28N4O6. The minimum absolute atomic E-state index is 0.0376. The largest absolute Gasteiger partial charge is 0.457 e.